The SMILES string of the molecule is C=C(OCC)c1cccc2c1CCC2NCC. The Bertz CT molecular complexity index is 411. The fourth-order valence-electron chi connectivity index (χ4n) is 2.63. The second-order valence-electron chi connectivity index (χ2n) is 4.38. The van der Waals surface area contributed by atoms with Crippen LogP contribution >= 0.6 is 0 Å². The third kappa shape index (κ3) is 2.37. The van der Waals surface area contributed by atoms with Crippen molar-refractivity contribution in [2.75, 3.05) is 13.2 Å². The van der Waals surface area contributed by atoms with Crippen molar-refractivity contribution >= 4 is 5.76 Å². The molecule has 2 nitrogen and oxygen atoms in total. The molecule has 1 aliphatic carbocycles. The van der Waals surface area contributed by atoms with E-state index in [1.54, 1.807) is 0 Å². The van der Waals surface area contributed by atoms with Crippen LogP contribution < -0.4 is 5.32 Å². The van der Waals surface area contributed by atoms with E-state index >= 15 is 0 Å². The summed E-state index contributed by atoms with van der Waals surface area (Å²) in [5.74, 6) is 0.807. The first-order chi connectivity index (χ1) is 8.27. The molecule has 0 bridgehead atoms. The maximum Gasteiger partial charge on any atom is 0.119 e. The largest absolute Gasteiger partial charge is 0.494 e. The molecule has 92 valence electrons. The molecular formula is C15H21NO. The van der Waals surface area contributed by atoms with Crippen LogP contribution in [0.4, 0.5) is 0 Å². The molecule has 2 rings (SSSR count). The van der Waals surface area contributed by atoms with Crippen LogP contribution in [0.5, 0.6) is 0 Å². The van der Waals surface area contributed by atoms with Crippen molar-refractivity contribution < 1.29 is 4.74 Å². The molecule has 17 heavy (non-hydrogen) atoms. The fraction of sp³-hybridized carbons (Fsp3) is 0.467. The lowest BCUT2D eigenvalue weighted by atomic mass is 10.0. The van der Waals surface area contributed by atoms with Gasteiger partial charge in [0.1, 0.15) is 5.76 Å². The van der Waals surface area contributed by atoms with Gasteiger partial charge in [0.25, 0.3) is 0 Å². The second-order valence-corrected chi connectivity index (χ2v) is 4.38. The maximum atomic E-state index is 5.53. The molecule has 2 heteroatoms. The fourth-order valence-corrected chi connectivity index (χ4v) is 2.63. The standard InChI is InChI=1S/C15H21NO/c1-4-16-15-10-9-13-12(11(3)17-5-2)7-6-8-14(13)15/h6-8,15-16H,3-5,9-10H2,1-2H3. The quantitative estimate of drug-likeness (QED) is 0.785. The molecule has 0 fully saturated rings. The summed E-state index contributed by atoms with van der Waals surface area (Å²) in [7, 11) is 0. The number of ether oxygens (including phenoxy) is 1. The summed E-state index contributed by atoms with van der Waals surface area (Å²) in [6, 6.07) is 6.95. The Balaban J connectivity index is 2.29. The van der Waals surface area contributed by atoms with Crippen molar-refractivity contribution in [1.29, 1.82) is 0 Å². The van der Waals surface area contributed by atoms with E-state index in [0.717, 1.165) is 18.7 Å². The summed E-state index contributed by atoms with van der Waals surface area (Å²) in [4.78, 5) is 0. The Hall–Kier alpha value is -1.28. The van der Waals surface area contributed by atoms with E-state index < -0.39 is 0 Å². The normalized spacial score (nSPS) is 17.9. The lowest BCUT2D eigenvalue weighted by Crippen LogP contribution is -2.18. The van der Waals surface area contributed by atoms with Crippen LogP contribution in [0.2, 0.25) is 0 Å². The van der Waals surface area contributed by atoms with Crippen molar-refractivity contribution in [1.82, 2.24) is 5.32 Å². The van der Waals surface area contributed by atoms with E-state index in [4.69, 9.17) is 4.74 Å². The van der Waals surface area contributed by atoms with Crippen molar-refractivity contribution in [3.63, 3.8) is 0 Å². The zero-order valence-electron chi connectivity index (χ0n) is 10.8. The molecule has 1 N–H and O–H groups in total. The van der Waals surface area contributed by atoms with Gasteiger partial charge in [-0.2, -0.15) is 0 Å². The Morgan fingerprint density at radius 2 is 2.29 bits per heavy atom. The Morgan fingerprint density at radius 3 is 3.00 bits per heavy atom. The molecule has 1 atom stereocenters. The van der Waals surface area contributed by atoms with Gasteiger partial charge < -0.3 is 10.1 Å². The van der Waals surface area contributed by atoms with E-state index in [9.17, 15) is 0 Å². The zero-order valence-corrected chi connectivity index (χ0v) is 10.8. The van der Waals surface area contributed by atoms with Gasteiger partial charge in [0.15, 0.2) is 0 Å². The van der Waals surface area contributed by atoms with Crippen molar-refractivity contribution in [3.8, 4) is 0 Å². The molecule has 0 aromatic heterocycles. The molecule has 0 heterocycles. The molecule has 0 aliphatic heterocycles. The van der Waals surface area contributed by atoms with E-state index in [1.807, 2.05) is 6.92 Å². The van der Waals surface area contributed by atoms with E-state index in [-0.39, 0.29) is 0 Å². The Labute approximate surface area is 104 Å². The van der Waals surface area contributed by atoms with E-state index in [0.29, 0.717) is 12.6 Å². The van der Waals surface area contributed by atoms with Crippen LogP contribution in [0.1, 0.15) is 43.0 Å². The van der Waals surface area contributed by atoms with Crippen LogP contribution in [-0.4, -0.2) is 13.2 Å². The van der Waals surface area contributed by atoms with Crippen LogP contribution in [0, 0.1) is 0 Å². The molecule has 1 aliphatic rings. The van der Waals surface area contributed by atoms with Crippen molar-refractivity contribution in [3.05, 3.63) is 41.5 Å². The first kappa shape index (κ1) is 12.2. The van der Waals surface area contributed by atoms with Gasteiger partial charge in [-0.3, -0.25) is 0 Å². The van der Waals surface area contributed by atoms with Gasteiger partial charge in [-0.15, -0.1) is 0 Å². The van der Waals surface area contributed by atoms with Crippen LogP contribution in [0.15, 0.2) is 24.8 Å². The summed E-state index contributed by atoms with van der Waals surface area (Å²) in [5.41, 5.74) is 4.02. The summed E-state index contributed by atoms with van der Waals surface area (Å²) in [6.07, 6.45) is 2.30. The predicted octanol–water partition coefficient (Wildman–Crippen LogP) is 3.29. The highest BCUT2D eigenvalue weighted by molar-refractivity contribution is 5.64. The first-order valence-corrected chi connectivity index (χ1v) is 6.45. The molecular weight excluding hydrogens is 210 g/mol. The molecule has 0 saturated carbocycles. The monoisotopic (exact) mass is 231 g/mol. The summed E-state index contributed by atoms with van der Waals surface area (Å²) < 4.78 is 5.53. The lowest BCUT2D eigenvalue weighted by molar-refractivity contribution is 0.299. The number of fused-ring (bicyclic) bond motifs is 1. The smallest absolute Gasteiger partial charge is 0.119 e. The van der Waals surface area contributed by atoms with Crippen LogP contribution in [0.3, 0.4) is 0 Å². The van der Waals surface area contributed by atoms with Crippen molar-refractivity contribution in [2.45, 2.75) is 32.7 Å². The molecule has 1 aromatic carbocycles. The van der Waals surface area contributed by atoms with Gasteiger partial charge in [-0.25, -0.2) is 0 Å². The predicted molar refractivity (Wildman–Crippen MR) is 71.8 cm³/mol. The molecule has 0 spiro atoms. The highest BCUT2D eigenvalue weighted by Gasteiger charge is 2.24. The van der Waals surface area contributed by atoms with Gasteiger partial charge in [0.05, 0.1) is 6.61 Å². The van der Waals surface area contributed by atoms with Crippen LogP contribution in [0.25, 0.3) is 5.76 Å². The molecule has 1 unspecified atom stereocenters. The van der Waals surface area contributed by atoms with Crippen molar-refractivity contribution in [2.24, 2.45) is 0 Å². The maximum absolute atomic E-state index is 5.53. The summed E-state index contributed by atoms with van der Waals surface area (Å²) in [6.45, 7) is 9.86. The van der Waals surface area contributed by atoms with Crippen LogP contribution in [-0.2, 0) is 11.2 Å². The molecule has 0 amide bonds. The summed E-state index contributed by atoms with van der Waals surface area (Å²) in [5, 5.41) is 3.53. The second kappa shape index (κ2) is 5.37. The number of hydrogen-bond acceptors (Lipinski definition) is 2. The topological polar surface area (TPSA) is 21.3 Å². The third-order valence-electron chi connectivity index (χ3n) is 3.34. The average molecular weight is 231 g/mol. The van der Waals surface area contributed by atoms with Gasteiger partial charge >= 0.3 is 0 Å². The molecule has 0 saturated heterocycles. The lowest BCUT2D eigenvalue weighted by Gasteiger charge is -2.14. The molecule has 1 aromatic rings. The number of benzene rings is 1. The van der Waals surface area contributed by atoms with Gasteiger partial charge in [-0.05, 0) is 37.4 Å². The first-order valence-electron chi connectivity index (χ1n) is 6.45. The summed E-state index contributed by atoms with van der Waals surface area (Å²) >= 11 is 0. The van der Waals surface area contributed by atoms with E-state index in [1.165, 1.54) is 23.1 Å². The average Bonchev–Trinajstić information content (AvgIpc) is 2.73. The van der Waals surface area contributed by atoms with Gasteiger partial charge in [-0.1, -0.05) is 31.7 Å². The Morgan fingerprint density at radius 1 is 1.47 bits per heavy atom. The number of nitrogens with one attached hydrogen (secondary N) is 1. The number of rotatable bonds is 5. The molecule has 0 radical (unpaired) electrons. The van der Waals surface area contributed by atoms with Gasteiger partial charge in [0.2, 0.25) is 0 Å². The number of hydrogen-bond donors (Lipinski definition) is 1. The van der Waals surface area contributed by atoms with E-state index in [2.05, 4.69) is 37.0 Å². The highest BCUT2D eigenvalue weighted by Crippen LogP contribution is 2.35. The zero-order chi connectivity index (χ0) is 12.3. The third-order valence-corrected chi connectivity index (χ3v) is 3.34. The minimum Gasteiger partial charge on any atom is -0.494 e. The Kier molecular flexibility index (Phi) is 3.85. The minimum absolute atomic E-state index is 0.504. The minimum atomic E-state index is 0.504. The van der Waals surface area contributed by atoms with Gasteiger partial charge in [0, 0.05) is 11.6 Å². The highest BCUT2D eigenvalue weighted by atomic mass is 16.5.